The molecule has 0 bridgehead atoms. The van der Waals surface area contributed by atoms with Gasteiger partial charge in [-0.15, -0.1) is 17.8 Å². The number of likely N-dealkylation sites (tertiary alicyclic amines) is 2. The number of carboxylic acid groups (broad SMARTS) is 1. The summed E-state index contributed by atoms with van der Waals surface area (Å²) in [7, 11) is 0. The summed E-state index contributed by atoms with van der Waals surface area (Å²) in [5.41, 5.74) is 9.62. The number of aryl methyl sites for hydroxylation is 2. The van der Waals surface area contributed by atoms with E-state index >= 15 is 0 Å². The number of carbonyl (C=O) groups is 5. The summed E-state index contributed by atoms with van der Waals surface area (Å²) < 4.78 is 11.5. The molecular weight excluding hydrogens is 879 g/mol. The number of unbranched alkanes of at least 4 members (excludes halogenated alkanes) is 1. The van der Waals surface area contributed by atoms with Crippen LogP contribution in [0.1, 0.15) is 112 Å². The van der Waals surface area contributed by atoms with Crippen LogP contribution >= 0.6 is 11.3 Å². The van der Waals surface area contributed by atoms with E-state index < -0.39 is 18.8 Å². The van der Waals surface area contributed by atoms with E-state index in [0.717, 1.165) is 97.2 Å². The number of carbonyl (C=O) groups excluding carboxylic acids is 4. The van der Waals surface area contributed by atoms with Crippen molar-refractivity contribution in [2.45, 2.75) is 104 Å². The van der Waals surface area contributed by atoms with Gasteiger partial charge in [-0.25, -0.2) is 9.80 Å². The first-order valence-corrected chi connectivity index (χ1v) is 24.3. The summed E-state index contributed by atoms with van der Waals surface area (Å²) in [6.45, 7) is 14.0. The number of aldehydes is 2. The number of carboxylic acids is 1. The van der Waals surface area contributed by atoms with Gasteiger partial charge in [0.25, 0.3) is 5.91 Å². The van der Waals surface area contributed by atoms with E-state index in [-0.39, 0.29) is 18.2 Å². The molecule has 0 radical (unpaired) electrons. The Kier molecular flexibility index (Phi) is 18.3. The highest BCUT2D eigenvalue weighted by molar-refractivity contribution is 7.14. The van der Waals surface area contributed by atoms with Crippen LogP contribution in [-0.4, -0.2) is 90.3 Å². The number of para-hydroxylation sites is 1. The van der Waals surface area contributed by atoms with Gasteiger partial charge in [-0.05, 0) is 117 Å². The average molecular weight is 942 g/mol. The minimum Gasteiger partial charge on any atom is -0.480 e. The number of hydrogen-bond acceptors (Lipinski definition) is 11. The molecule has 3 aliphatic heterocycles. The van der Waals surface area contributed by atoms with E-state index in [1.165, 1.54) is 33.2 Å². The van der Waals surface area contributed by atoms with Crippen LogP contribution in [0.2, 0.25) is 0 Å². The molecule has 4 heterocycles. The third kappa shape index (κ3) is 12.5. The van der Waals surface area contributed by atoms with Gasteiger partial charge >= 0.3 is 5.97 Å². The molecule has 3 N–H and O–H groups in total. The molecule has 2 amide bonds. The van der Waals surface area contributed by atoms with Crippen LogP contribution in [0, 0.1) is 33.1 Å². The van der Waals surface area contributed by atoms with Crippen LogP contribution in [0.3, 0.4) is 0 Å². The van der Waals surface area contributed by atoms with Crippen molar-refractivity contribution in [3.05, 3.63) is 116 Å². The maximum absolute atomic E-state index is 13.3. The Morgan fingerprint density at radius 2 is 1.68 bits per heavy atom. The first-order chi connectivity index (χ1) is 33.0. The van der Waals surface area contributed by atoms with Crippen LogP contribution in [0.4, 0.5) is 11.4 Å². The second kappa shape index (κ2) is 24.5. The molecule has 0 saturated carbocycles. The van der Waals surface area contributed by atoms with Crippen molar-refractivity contribution in [2.24, 2.45) is 0 Å². The molecular formula is C54H63N5O8S. The zero-order valence-corrected chi connectivity index (χ0v) is 40.5. The molecule has 1 aromatic heterocycles. The highest BCUT2D eigenvalue weighted by Gasteiger charge is 2.34. The molecule has 68 heavy (non-hydrogen) atoms. The quantitative estimate of drug-likeness (QED) is 0.0464. The van der Waals surface area contributed by atoms with Crippen molar-refractivity contribution in [1.29, 1.82) is 0 Å². The van der Waals surface area contributed by atoms with Gasteiger partial charge in [0.1, 0.15) is 22.7 Å². The number of thiophene rings is 1. The van der Waals surface area contributed by atoms with Gasteiger partial charge < -0.3 is 24.7 Å². The molecule has 14 heteroatoms. The fourth-order valence-electron chi connectivity index (χ4n) is 9.01. The number of nitrogens with one attached hydrogen (secondary N) is 2. The molecule has 0 spiro atoms. The lowest BCUT2D eigenvalue weighted by Crippen LogP contribution is -2.44. The smallest absolute Gasteiger partial charge is 0.341 e. The van der Waals surface area contributed by atoms with Gasteiger partial charge in [-0.2, -0.15) is 0 Å². The van der Waals surface area contributed by atoms with Crippen molar-refractivity contribution >= 4 is 63.8 Å². The third-order valence-corrected chi connectivity index (χ3v) is 13.7. The largest absolute Gasteiger partial charge is 0.480 e. The summed E-state index contributed by atoms with van der Waals surface area (Å²) in [5.74, 6) is 2.82. The highest BCUT2D eigenvalue weighted by Crippen LogP contribution is 2.42. The standard InChI is InChI=1S/C43H47N5O4.C9H10O4S.C2H6/c1-3-41(52-39-18-15-31(28-30(39)2)29-46-23-21-34(22-24-46)44-33-10-5-4-6-11-33)47-25-19-32(20-26-47)35-16-17-38-42-36(35)12-9-13-37(42)43(51)48(38)45-40(50)14-7-8-27-49;1-5-6(2)14-7(3-10)9(5)13-4-8(11)12;1-2/h1,4-6,9-13,15-18,27-28,32,34,41,44H,7-8,14,19-26,29H2,2H3,(H,45,50);3H,4H2,1-2H3,(H,11,12);1-2H3. The van der Waals surface area contributed by atoms with E-state index in [4.69, 9.17) is 21.0 Å². The fraction of sp³-hybridized carbons (Fsp3) is 0.389. The number of hydrazine groups is 1. The summed E-state index contributed by atoms with van der Waals surface area (Å²) >= 11 is 1.31. The molecule has 2 saturated heterocycles. The van der Waals surface area contributed by atoms with Crippen molar-refractivity contribution in [1.82, 2.24) is 15.2 Å². The van der Waals surface area contributed by atoms with E-state index in [1.807, 2.05) is 45.0 Å². The van der Waals surface area contributed by atoms with E-state index in [0.29, 0.717) is 53.0 Å². The first kappa shape index (κ1) is 50.9. The Bertz CT molecular complexity index is 2590. The van der Waals surface area contributed by atoms with Crippen molar-refractivity contribution in [3.63, 3.8) is 0 Å². The van der Waals surface area contributed by atoms with Crippen LogP contribution in [0.5, 0.6) is 11.5 Å². The number of amides is 2. The summed E-state index contributed by atoms with van der Waals surface area (Å²) in [5, 5.41) is 15.4. The molecule has 3 aliphatic rings. The number of hydrogen-bond donors (Lipinski definition) is 3. The minimum absolute atomic E-state index is 0.180. The highest BCUT2D eigenvalue weighted by atomic mass is 32.1. The van der Waals surface area contributed by atoms with Gasteiger partial charge in [0, 0.05) is 73.1 Å². The number of benzene rings is 4. The minimum atomic E-state index is -1.05. The molecule has 1 unspecified atom stereocenters. The fourth-order valence-corrected chi connectivity index (χ4v) is 9.94. The first-order valence-electron chi connectivity index (χ1n) is 23.5. The molecule has 5 aromatic rings. The Balaban J connectivity index is 0.000000407. The zero-order chi connectivity index (χ0) is 48.7. The molecule has 13 nitrogen and oxygen atoms in total. The lowest BCUT2D eigenvalue weighted by atomic mass is 9.85. The lowest BCUT2D eigenvalue weighted by Gasteiger charge is -2.36. The summed E-state index contributed by atoms with van der Waals surface area (Å²) in [4.78, 5) is 63.6. The number of nitrogens with zero attached hydrogens (tertiary/aromatic N) is 3. The van der Waals surface area contributed by atoms with Crippen molar-refractivity contribution in [3.8, 4) is 23.8 Å². The number of rotatable bonds is 17. The van der Waals surface area contributed by atoms with Gasteiger partial charge in [0.15, 0.2) is 12.9 Å². The topological polar surface area (TPSA) is 158 Å². The second-order valence-corrected chi connectivity index (χ2v) is 18.3. The SMILES string of the molecule is C#CC(Oc1ccc(CN2CCC(Nc3ccccc3)CC2)cc1C)N1CCC(c2ccc3c4c(cccc24)C(=O)N3NC(=O)CCCC=O)CC1.CC.Cc1sc(C=O)c(OCC(=O)O)c1C. The van der Waals surface area contributed by atoms with Crippen LogP contribution in [0.15, 0.2) is 78.9 Å². The van der Waals surface area contributed by atoms with Crippen molar-refractivity contribution < 1.29 is 38.6 Å². The monoisotopic (exact) mass is 941 g/mol. The molecule has 1 atom stereocenters. The van der Waals surface area contributed by atoms with Crippen LogP contribution in [0.25, 0.3) is 10.8 Å². The molecule has 2 fully saturated rings. The predicted molar refractivity (Wildman–Crippen MR) is 269 cm³/mol. The van der Waals surface area contributed by atoms with E-state index in [1.54, 1.807) is 6.92 Å². The molecule has 8 rings (SSSR count). The Hall–Kier alpha value is -6.53. The summed E-state index contributed by atoms with van der Waals surface area (Å²) in [6, 6.07) is 27.3. The second-order valence-electron chi connectivity index (χ2n) is 17.0. The maximum Gasteiger partial charge on any atom is 0.341 e. The third-order valence-electron chi connectivity index (χ3n) is 12.6. The van der Waals surface area contributed by atoms with Crippen LogP contribution < -0.4 is 25.2 Å². The van der Waals surface area contributed by atoms with Crippen molar-refractivity contribution in [2.75, 3.05) is 43.1 Å². The lowest BCUT2D eigenvalue weighted by molar-refractivity contribution is -0.139. The number of terminal acetylenes is 1. The maximum atomic E-state index is 13.3. The Morgan fingerprint density at radius 1 is 0.941 bits per heavy atom. The summed E-state index contributed by atoms with van der Waals surface area (Å²) in [6.07, 6.45) is 12.1. The molecule has 0 aliphatic carbocycles. The Labute approximate surface area is 403 Å². The van der Waals surface area contributed by atoms with Gasteiger partial charge in [-0.3, -0.25) is 29.6 Å². The molecule has 4 aromatic carbocycles. The Morgan fingerprint density at radius 3 is 2.34 bits per heavy atom. The van der Waals surface area contributed by atoms with E-state index in [9.17, 15) is 24.0 Å². The van der Waals surface area contributed by atoms with E-state index in [2.05, 4.69) is 88.0 Å². The zero-order valence-electron chi connectivity index (χ0n) is 39.7. The average Bonchev–Trinajstić information content (AvgIpc) is 3.79. The van der Waals surface area contributed by atoms with Gasteiger partial charge in [-0.1, -0.05) is 62.4 Å². The number of anilines is 2. The van der Waals surface area contributed by atoms with Crippen LogP contribution in [-0.2, 0) is 20.9 Å². The number of piperidine rings is 2. The van der Waals surface area contributed by atoms with Gasteiger partial charge in [0.2, 0.25) is 12.1 Å². The normalized spacial score (nSPS) is 15.5. The predicted octanol–water partition coefficient (Wildman–Crippen LogP) is 9.47. The number of aliphatic carboxylic acids is 1. The molecule has 358 valence electrons. The number of ether oxygens (including phenoxy) is 2. The van der Waals surface area contributed by atoms with Gasteiger partial charge in [0.05, 0.1) is 11.3 Å².